The summed E-state index contributed by atoms with van der Waals surface area (Å²) in [5, 5.41) is 15.0. The van der Waals surface area contributed by atoms with Crippen molar-refractivity contribution in [3.8, 4) is 0 Å². The van der Waals surface area contributed by atoms with Crippen LogP contribution >= 0.6 is 11.6 Å². The van der Waals surface area contributed by atoms with E-state index < -0.39 is 0 Å². The Hall–Kier alpha value is -3.07. The number of nitrogens with one attached hydrogen (secondary N) is 1. The number of nitrogens with zero attached hydrogens (tertiary/aromatic N) is 6. The second-order valence-corrected chi connectivity index (χ2v) is 11.6. The van der Waals surface area contributed by atoms with Gasteiger partial charge in [-0.05, 0) is 71.8 Å². The van der Waals surface area contributed by atoms with Crippen LogP contribution in [0.4, 0.5) is 0 Å². The molecule has 1 unspecified atom stereocenters. The van der Waals surface area contributed by atoms with Crippen molar-refractivity contribution in [3.05, 3.63) is 85.9 Å². The fourth-order valence-electron chi connectivity index (χ4n) is 6.42. The molecule has 1 atom stereocenters. The number of aromatic nitrogens is 5. The van der Waals surface area contributed by atoms with Gasteiger partial charge in [-0.1, -0.05) is 60.7 Å². The average Bonchev–Trinajstić information content (AvgIpc) is 3.42. The maximum atomic E-state index is 13.7. The number of pyridine rings is 1. The Labute approximate surface area is 234 Å². The molecule has 1 aliphatic carbocycles. The lowest BCUT2D eigenvalue weighted by molar-refractivity contribution is 0.0982. The molecule has 1 saturated heterocycles. The van der Waals surface area contributed by atoms with Crippen molar-refractivity contribution < 1.29 is 0 Å². The van der Waals surface area contributed by atoms with Crippen molar-refractivity contribution in [1.29, 1.82) is 0 Å². The summed E-state index contributed by atoms with van der Waals surface area (Å²) in [5.74, 6) is 0.774. The number of hydrogen-bond acceptors (Lipinski definition) is 6. The number of aryl methyl sites for hydroxylation is 2. The number of halogens is 1. The third kappa shape index (κ3) is 5.38. The smallest absolute Gasteiger partial charge is 0.253 e. The number of H-pyrrole nitrogens is 1. The molecule has 2 aliphatic rings. The van der Waals surface area contributed by atoms with Gasteiger partial charge in [0.2, 0.25) is 0 Å². The summed E-state index contributed by atoms with van der Waals surface area (Å²) in [6.07, 6.45) is 5.77. The van der Waals surface area contributed by atoms with E-state index in [2.05, 4.69) is 61.5 Å². The summed E-state index contributed by atoms with van der Waals surface area (Å²) >= 11 is 6.45. The molecule has 0 spiro atoms. The van der Waals surface area contributed by atoms with E-state index in [0.29, 0.717) is 5.56 Å². The minimum absolute atomic E-state index is 0.0730. The Bertz CT molecular complexity index is 1520. The highest BCUT2D eigenvalue weighted by Crippen LogP contribution is 2.34. The fraction of sp³-hybridized carbons (Fsp3) is 0.467. The van der Waals surface area contributed by atoms with Crippen molar-refractivity contribution in [2.24, 2.45) is 0 Å². The van der Waals surface area contributed by atoms with E-state index in [1.54, 1.807) is 0 Å². The van der Waals surface area contributed by atoms with Gasteiger partial charge in [-0.15, -0.1) is 5.10 Å². The summed E-state index contributed by atoms with van der Waals surface area (Å²) in [5.41, 5.74) is 4.92. The highest BCUT2D eigenvalue weighted by molar-refractivity contribution is 6.31. The van der Waals surface area contributed by atoms with Crippen LogP contribution in [0, 0.1) is 13.8 Å². The minimum Gasteiger partial charge on any atom is -0.321 e. The molecular weight excluding hydrogens is 510 g/mol. The van der Waals surface area contributed by atoms with E-state index in [9.17, 15) is 4.79 Å². The van der Waals surface area contributed by atoms with Crippen molar-refractivity contribution in [3.63, 3.8) is 0 Å². The van der Waals surface area contributed by atoms with Gasteiger partial charge in [0.25, 0.3) is 5.56 Å². The van der Waals surface area contributed by atoms with E-state index >= 15 is 0 Å². The number of tetrazole rings is 1. The zero-order valence-corrected chi connectivity index (χ0v) is 23.5. The van der Waals surface area contributed by atoms with Crippen LogP contribution in [0.25, 0.3) is 10.9 Å². The minimum atomic E-state index is -0.321. The zero-order chi connectivity index (χ0) is 26.9. The predicted octanol–water partition coefficient (Wildman–Crippen LogP) is 5.20. The molecule has 2 fully saturated rings. The van der Waals surface area contributed by atoms with Gasteiger partial charge in [-0.3, -0.25) is 14.6 Å². The van der Waals surface area contributed by atoms with Crippen LogP contribution in [0.3, 0.4) is 0 Å². The van der Waals surface area contributed by atoms with Gasteiger partial charge >= 0.3 is 0 Å². The van der Waals surface area contributed by atoms with Crippen LogP contribution in [-0.4, -0.2) is 61.2 Å². The van der Waals surface area contributed by atoms with Gasteiger partial charge in [-0.25, -0.2) is 4.68 Å². The van der Waals surface area contributed by atoms with E-state index in [1.165, 1.54) is 24.8 Å². The number of fused-ring (bicyclic) bond motifs is 1. The topological polar surface area (TPSA) is 82.9 Å². The lowest BCUT2D eigenvalue weighted by Crippen LogP contribution is -2.48. The molecule has 204 valence electrons. The maximum absolute atomic E-state index is 13.7. The van der Waals surface area contributed by atoms with Crippen LogP contribution in [0.15, 0.2) is 47.3 Å². The molecule has 0 amide bonds. The highest BCUT2D eigenvalue weighted by atomic mass is 35.5. The van der Waals surface area contributed by atoms with Gasteiger partial charge in [0.15, 0.2) is 5.82 Å². The largest absolute Gasteiger partial charge is 0.321 e. The lowest BCUT2D eigenvalue weighted by atomic mass is 9.95. The molecule has 2 aromatic heterocycles. The third-order valence-electron chi connectivity index (χ3n) is 8.42. The molecule has 2 aromatic carbocycles. The van der Waals surface area contributed by atoms with Crippen LogP contribution < -0.4 is 5.56 Å². The first-order chi connectivity index (χ1) is 19.0. The van der Waals surface area contributed by atoms with Crippen molar-refractivity contribution in [2.75, 3.05) is 26.2 Å². The molecule has 1 saturated carbocycles. The number of rotatable bonds is 6. The Balaban J connectivity index is 1.36. The summed E-state index contributed by atoms with van der Waals surface area (Å²) in [4.78, 5) is 21.7. The molecule has 6 rings (SSSR count). The molecule has 3 heterocycles. The van der Waals surface area contributed by atoms with E-state index in [1.807, 2.05) is 29.8 Å². The zero-order valence-electron chi connectivity index (χ0n) is 22.7. The quantitative estimate of drug-likeness (QED) is 0.359. The highest BCUT2D eigenvalue weighted by Gasteiger charge is 2.34. The summed E-state index contributed by atoms with van der Waals surface area (Å²) in [6.45, 7) is 8.30. The predicted molar refractivity (Wildman–Crippen MR) is 154 cm³/mol. The summed E-state index contributed by atoms with van der Waals surface area (Å²) in [7, 11) is 0. The lowest BCUT2D eigenvalue weighted by Gasteiger charge is -2.39. The number of aromatic amines is 1. The van der Waals surface area contributed by atoms with Crippen molar-refractivity contribution in [1.82, 2.24) is 35.0 Å². The van der Waals surface area contributed by atoms with Crippen LogP contribution in [0.5, 0.6) is 0 Å². The molecule has 0 radical (unpaired) electrons. The van der Waals surface area contributed by atoms with Gasteiger partial charge < -0.3 is 4.98 Å². The second kappa shape index (κ2) is 11.2. The SMILES string of the molecule is Cc1cc(C)c2[nH]c(=O)c(C(c3nnnn3C3CCCCC3)N3CCN(Cc4ccccc4Cl)CC3)cc2c1. The molecular formula is C30H36ClN7O. The van der Waals surface area contributed by atoms with E-state index in [4.69, 9.17) is 11.6 Å². The first-order valence-corrected chi connectivity index (χ1v) is 14.5. The Kier molecular flexibility index (Phi) is 7.51. The van der Waals surface area contributed by atoms with Crippen LogP contribution in [0.2, 0.25) is 5.02 Å². The maximum Gasteiger partial charge on any atom is 0.253 e. The van der Waals surface area contributed by atoms with Crippen molar-refractivity contribution in [2.45, 2.75) is 64.6 Å². The molecule has 1 N–H and O–H groups in total. The van der Waals surface area contributed by atoms with E-state index in [0.717, 1.165) is 78.4 Å². The number of benzene rings is 2. The molecule has 1 aliphatic heterocycles. The molecule has 4 aromatic rings. The van der Waals surface area contributed by atoms with Gasteiger partial charge in [0.1, 0.15) is 6.04 Å². The van der Waals surface area contributed by atoms with Gasteiger partial charge in [-0.2, -0.15) is 0 Å². The first-order valence-electron chi connectivity index (χ1n) is 14.1. The third-order valence-corrected chi connectivity index (χ3v) is 8.79. The number of piperazine rings is 1. The molecule has 9 heteroatoms. The number of hydrogen-bond donors (Lipinski definition) is 1. The Morgan fingerprint density at radius 1 is 1.03 bits per heavy atom. The normalized spacial score (nSPS) is 18.5. The monoisotopic (exact) mass is 545 g/mol. The first kappa shape index (κ1) is 26.2. The van der Waals surface area contributed by atoms with Crippen LogP contribution in [0.1, 0.15) is 72.3 Å². The van der Waals surface area contributed by atoms with E-state index in [-0.39, 0.29) is 17.6 Å². The standard InChI is InChI=1S/C30H36ClN7O/c1-20-16-21(2)27-23(17-20)18-25(30(39)32-27)28(29-33-34-35-38(29)24-9-4-3-5-10-24)37-14-12-36(13-15-37)19-22-8-6-7-11-26(22)31/h6-8,11,16-18,24,28H,3-5,9-10,12-15,19H2,1-2H3,(H,32,39). The average molecular weight is 546 g/mol. The van der Waals surface area contributed by atoms with Gasteiger partial charge in [0.05, 0.1) is 11.6 Å². The van der Waals surface area contributed by atoms with Crippen LogP contribution in [-0.2, 0) is 6.54 Å². The molecule has 0 bridgehead atoms. The van der Waals surface area contributed by atoms with Crippen molar-refractivity contribution >= 4 is 22.5 Å². The van der Waals surface area contributed by atoms with Gasteiger partial charge in [0, 0.05) is 43.3 Å². The second-order valence-electron chi connectivity index (χ2n) is 11.2. The molecule has 39 heavy (non-hydrogen) atoms. The summed E-state index contributed by atoms with van der Waals surface area (Å²) in [6, 6.07) is 14.3. The fourth-order valence-corrected chi connectivity index (χ4v) is 6.61. The molecule has 8 nitrogen and oxygen atoms in total. The Morgan fingerprint density at radius 2 is 1.79 bits per heavy atom. The summed E-state index contributed by atoms with van der Waals surface area (Å²) < 4.78 is 2.02. The Morgan fingerprint density at radius 3 is 2.56 bits per heavy atom.